The Bertz CT molecular complexity index is 592. The predicted octanol–water partition coefficient (Wildman–Crippen LogP) is 2.53. The average molecular weight is 289 g/mol. The third-order valence-electron chi connectivity index (χ3n) is 2.61. The van der Waals surface area contributed by atoms with Crippen molar-refractivity contribution < 1.29 is 14.3 Å². The Labute approximate surface area is 121 Å². The van der Waals surface area contributed by atoms with Crippen LogP contribution in [-0.4, -0.2) is 18.5 Å². The number of rotatable bonds is 5. The SMILES string of the molecule is Cc1ccc(C(=O)OCC(=O)NCc2ccccc2)s1. The maximum Gasteiger partial charge on any atom is 0.348 e. The summed E-state index contributed by atoms with van der Waals surface area (Å²) in [7, 11) is 0. The van der Waals surface area contributed by atoms with Crippen molar-refractivity contribution in [3.05, 3.63) is 57.8 Å². The van der Waals surface area contributed by atoms with E-state index in [4.69, 9.17) is 4.74 Å². The maximum absolute atomic E-state index is 11.6. The molecule has 0 spiro atoms. The normalized spacial score (nSPS) is 10.1. The lowest BCUT2D eigenvalue weighted by Gasteiger charge is -2.05. The van der Waals surface area contributed by atoms with Crippen LogP contribution in [0.4, 0.5) is 0 Å². The molecule has 1 amide bonds. The van der Waals surface area contributed by atoms with Crippen LogP contribution >= 0.6 is 11.3 Å². The topological polar surface area (TPSA) is 55.4 Å². The van der Waals surface area contributed by atoms with Crippen LogP contribution in [-0.2, 0) is 16.1 Å². The second-order valence-electron chi connectivity index (χ2n) is 4.25. The van der Waals surface area contributed by atoms with Gasteiger partial charge in [-0.3, -0.25) is 4.79 Å². The van der Waals surface area contributed by atoms with Crippen LogP contribution in [0.3, 0.4) is 0 Å². The van der Waals surface area contributed by atoms with E-state index in [0.717, 1.165) is 10.4 Å². The molecule has 0 atom stereocenters. The number of hydrogen-bond donors (Lipinski definition) is 1. The van der Waals surface area contributed by atoms with Gasteiger partial charge >= 0.3 is 5.97 Å². The lowest BCUT2D eigenvalue weighted by Crippen LogP contribution is -2.28. The van der Waals surface area contributed by atoms with E-state index >= 15 is 0 Å². The van der Waals surface area contributed by atoms with Crippen LogP contribution in [0, 0.1) is 6.92 Å². The molecule has 20 heavy (non-hydrogen) atoms. The molecule has 0 aliphatic carbocycles. The van der Waals surface area contributed by atoms with Gasteiger partial charge in [0, 0.05) is 11.4 Å². The van der Waals surface area contributed by atoms with Gasteiger partial charge in [-0.25, -0.2) is 4.79 Å². The van der Waals surface area contributed by atoms with E-state index in [1.807, 2.05) is 43.3 Å². The van der Waals surface area contributed by atoms with Gasteiger partial charge in [-0.15, -0.1) is 11.3 Å². The van der Waals surface area contributed by atoms with Crippen molar-refractivity contribution in [2.45, 2.75) is 13.5 Å². The molecule has 0 unspecified atom stereocenters. The van der Waals surface area contributed by atoms with Gasteiger partial charge in [0.25, 0.3) is 5.91 Å². The molecule has 1 heterocycles. The Hall–Kier alpha value is -2.14. The summed E-state index contributed by atoms with van der Waals surface area (Å²) in [5.41, 5.74) is 1.00. The number of carbonyl (C=O) groups is 2. The number of nitrogens with one attached hydrogen (secondary N) is 1. The fourth-order valence-corrected chi connectivity index (χ4v) is 2.36. The zero-order valence-corrected chi connectivity index (χ0v) is 11.9. The first-order valence-corrected chi connectivity index (χ1v) is 7.01. The van der Waals surface area contributed by atoms with Gasteiger partial charge in [-0.1, -0.05) is 30.3 Å². The molecule has 2 rings (SSSR count). The molecule has 0 bridgehead atoms. The molecule has 1 aromatic carbocycles. The molecule has 0 aliphatic rings. The summed E-state index contributed by atoms with van der Waals surface area (Å²) in [6.07, 6.45) is 0. The third-order valence-corrected chi connectivity index (χ3v) is 3.59. The van der Waals surface area contributed by atoms with Crippen molar-refractivity contribution in [3.8, 4) is 0 Å². The summed E-state index contributed by atoms with van der Waals surface area (Å²) in [5.74, 6) is -0.770. The molecule has 5 heteroatoms. The number of benzene rings is 1. The van der Waals surface area contributed by atoms with Crippen LogP contribution < -0.4 is 5.32 Å². The van der Waals surface area contributed by atoms with Gasteiger partial charge in [0.05, 0.1) is 0 Å². The summed E-state index contributed by atoms with van der Waals surface area (Å²) >= 11 is 1.35. The standard InChI is InChI=1S/C15H15NO3S/c1-11-7-8-13(20-11)15(18)19-10-14(17)16-9-12-5-3-2-4-6-12/h2-8H,9-10H2,1H3,(H,16,17). The second-order valence-corrected chi connectivity index (χ2v) is 5.54. The summed E-state index contributed by atoms with van der Waals surface area (Å²) in [5, 5.41) is 2.70. The number of hydrogen-bond acceptors (Lipinski definition) is 4. The number of amides is 1. The second kappa shape index (κ2) is 6.86. The van der Waals surface area contributed by atoms with Crippen molar-refractivity contribution in [3.63, 3.8) is 0 Å². The lowest BCUT2D eigenvalue weighted by molar-refractivity contribution is -0.124. The first-order chi connectivity index (χ1) is 9.65. The first-order valence-electron chi connectivity index (χ1n) is 6.19. The van der Waals surface area contributed by atoms with E-state index in [9.17, 15) is 9.59 Å². The lowest BCUT2D eigenvalue weighted by atomic mass is 10.2. The number of ether oxygens (including phenoxy) is 1. The minimum atomic E-state index is -0.460. The monoisotopic (exact) mass is 289 g/mol. The maximum atomic E-state index is 11.6. The fourth-order valence-electron chi connectivity index (χ4n) is 1.59. The van der Waals surface area contributed by atoms with Crippen LogP contribution in [0.2, 0.25) is 0 Å². The number of carbonyl (C=O) groups excluding carboxylic acids is 2. The predicted molar refractivity (Wildman–Crippen MR) is 77.6 cm³/mol. The molecule has 0 radical (unpaired) electrons. The molecule has 104 valence electrons. The summed E-state index contributed by atoms with van der Waals surface area (Å²) in [6.45, 7) is 2.08. The first kappa shape index (κ1) is 14.3. The summed E-state index contributed by atoms with van der Waals surface area (Å²) < 4.78 is 4.95. The molecule has 0 saturated carbocycles. The molecule has 0 saturated heterocycles. The van der Waals surface area contributed by atoms with Gasteiger partial charge in [0.15, 0.2) is 6.61 Å². The molecular weight excluding hydrogens is 274 g/mol. The van der Waals surface area contributed by atoms with E-state index < -0.39 is 5.97 Å². The highest BCUT2D eigenvalue weighted by atomic mass is 32.1. The summed E-state index contributed by atoms with van der Waals surface area (Å²) in [6, 6.07) is 13.1. The van der Waals surface area contributed by atoms with Gasteiger partial charge in [-0.2, -0.15) is 0 Å². The highest BCUT2D eigenvalue weighted by Gasteiger charge is 2.11. The third kappa shape index (κ3) is 4.20. The highest BCUT2D eigenvalue weighted by molar-refractivity contribution is 7.13. The van der Waals surface area contributed by atoms with E-state index in [2.05, 4.69) is 5.32 Å². The van der Waals surface area contributed by atoms with Crippen LogP contribution in [0.1, 0.15) is 20.1 Å². The van der Waals surface area contributed by atoms with Crippen molar-refractivity contribution in [2.75, 3.05) is 6.61 Å². The Morgan fingerprint density at radius 1 is 1.15 bits per heavy atom. The number of thiophene rings is 1. The molecule has 1 aromatic heterocycles. The van der Waals surface area contributed by atoms with Gasteiger partial charge in [0.1, 0.15) is 4.88 Å². The molecule has 0 aliphatic heterocycles. The van der Waals surface area contributed by atoms with Crippen molar-refractivity contribution in [1.82, 2.24) is 5.32 Å². The minimum absolute atomic E-state index is 0.261. The van der Waals surface area contributed by atoms with Crippen molar-refractivity contribution in [1.29, 1.82) is 0 Å². The van der Waals surface area contributed by atoms with E-state index in [1.54, 1.807) is 6.07 Å². The van der Waals surface area contributed by atoms with Crippen LogP contribution in [0.15, 0.2) is 42.5 Å². The molecule has 4 nitrogen and oxygen atoms in total. The zero-order chi connectivity index (χ0) is 14.4. The number of esters is 1. The summed E-state index contributed by atoms with van der Waals surface area (Å²) in [4.78, 5) is 24.8. The average Bonchev–Trinajstić information content (AvgIpc) is 2.90. The van der Waals surface area contributed by atoms with E-state index in [0.29, 0.717) is 11.4 Å². The van der Waals surface area contributed by atoms with Crippen LogP contribution in [0.25, 0.3) is 0 Å². The van der Waals surface area contributed by atoms with Gasteiger partial charge < -0.3 is 10.1 Å². The smallest absolute Gasteiger partial charge is 0.348 e. The molecular formula is C15H15NO3S. The zero-order valence-electron chi connectivity index (χ0n) is 11.1. The minimum Gasteiger partial charge on any atom is -0.451 e. The Balaban J connectivity index is 1.74. The van der Waals surface area contributed by atoms with E-state index in [-0.39, 0.29) is 12.5 Å². The molecule has 1 N–H and O–H groups in total. The Morgan fingerprint density at radius 2 is 1.90 bits per heavy atom. The van der Waals surface area contributed by atoms with Crippen molar-refractivity contribution in [2.24, 2.45) is 0 Å². The van der Waals surface area contributed by atoms with Crippen LogP contribution in [0.5, 0.6) is 0 Å². The largest absolute Gasteiger partial charge is 0.451 e. The van der Waals surface area contributed by atoms with Gasteiger partial charge in [0.2, 0.25) is 0 Å². The quantitative estimate of drug-likeness (QED) is 0.861. The number of aryl methyl sites for hydroxylation is 1. The van der Waals surface area contributed by atoms with Gasteiger partial charge in [-0.05, 0) is 24.6 Å². The highest BCUT2D eigenvalue weighted by Crippen LogP contribution is 2.15. The Morgan fingerprint density at radius 3 is 2.55 bits per heavy atom. The Kier molecular flexibility index (Phi) is 4.90. The fraction of sp³-hybridized carbons (Fsp3) is 0.200. The molecule has 0 fully saturated rings. The molecule has 2 aromatic rings. The van der Waals surface area contributed by atoms with E-state index in [1.165, 1.54) is 11.3 Å². The van der Waals surface area contributed by atoms with Crippen molar-refractivity contribution >= 4 is 23.2 Å².